The fourth-order valence-electron chi connectivity index (χ4n) is 1.76. The zero-order valence-corrected chi connectivity index (χ0v) is 12.9. The van der Waals surface area contributed by atoms with Crippen molar-refractivity contribution < 1.29 is 14.4 Å². The molecule has 0 fully saturated rings. The highest BCUT2D eigenvalue weighted by molar-refractivity contribution is 5.62. The molecule has 0 unspecified atom stereocenters. The number of nitrogens with one attached hydrogen (secondary N) is 1. The number of nitro benzene ring substituents is 1. The van der Waals surface area contributed by atoms with Crippen molar-refractivity contribution in [3.05, 3.63) is 33.9 Å². The lowest BCUT2D eigenvalue weighted by Gasteiger charge is -2.10. The lowest BCUT2D eigenvalue weighted by molar-refractivity contribution is -0.384. The fraction of sp³-hybridized carbons (Fsp3) is 0.600. The van der Waals surface area contributed by atoms with E-state index in [2.05, 4.69) is 5.32 Å². The summed E-state index contributed by atoms with van der Waals surface area (Å²) in [5.74, 6) is 0. The fourth-order valence-corrected chi connectivity index (χ4v) is 1.76. The minimum atomic E-state index is -0.372. The van der Waals surface area contributed by atoms with Crippen LogP contribution in [0.4, 0.5) is 11.4 Å². The zero-order chi connectivity index (χ0) is 15.7. The minimum Gasteiger partial charge on any atom is -0.380 e. The Kier molecular flexibility index (Phi) is 7.71. The van der Waals surface area contributed by atoms with Crippen LogP contribution in [0.15, 0.2) is 18.2 Å². The standard InChI is InChI=1S/C15H24N2O4/c1-4-7-16-14-6-5-13(10-15(14)17(18)19)11-20-8-9-21-12(2)3/h5-6,10,12,16H,4,7-9,11H2,1-3H3. The maximum absolute atomic E-state index is 11.1. The molecule has 0 saturated heterocycles. The van der Waals surface area contributed by atoms with Crippen LogP contribution >= 0.6 is 0 Å². The van der Waals surface area contributed by atoms with Crippen LogP contribution in [0.3, 0.4) is 0 Å². The van der Waals surface area contributed by atoms with E-state index in [9.17, 15) is 10.1 Å². The minimum absolute atomic E-state index is 0.0861. The molecular weight excluding hydrogens is 272 g/mol. The molecule has 6 nitrogen and oxygen atoms in total. The van der Waals surface area contributed by atoms with Gasteiger partial charge >= 0.3 is 0 Å². The van der Waals surface area contributed by atoms with Crippen molar-refractivity contribution in [1.29, 1.82) is 0 Å². The molecule has 0 aromatic heterocycles. The topological polar surface area (TPSA) is 73.6 Å². The number of hydrogen-bond acceptors (Lipinski definition) is 5. The van der Waals surface area contributed by atoms with Crippen molar-refractivity contribution in [3.8, 4) is 0 Å². The molecule has 0 aliphatic carbocycles. The van der Waals surface area contributed by atoms with Gasteiger partial charge in [0.2, 0.25) is 0 Å². The van der Waals surface area contributed by atoms with Gasteiger partial charge in [-0.25, -0.2) is 0 Å². The van der Waals surface area contributed by atoms with Crippen LogP contribution < -0.4 is 5.32 Å². The summed E-state index contributed by atoms with van der Waals surface area (Å²) in [7, 11) is 0. The molecule has 1 aromatic rings. The predicted molar refractivity (Wildman–Crippen MR) is 82.6 cm³/mol. The van der Waals surface area contributed by atoms with E-state index in [1.54, 1.807) is 12.1 Å². The van der Waals surface area contributed by atoms with Crippen molar-refractivity contribution in [2.24, 2.45) is 0 Å². The van der Waals surface area contributed by atoms with E-state index in [1.807, 2.05) is 26.8 Å². The Balaban J connectivity index is 2.55. The van der Waals surface area contributed by atoms with E-state index in [-0.39, 0.29) is 16.7 Å². The molecule has 0 atom stereocenters. The first-order valence-electron chi connectivity index (χ1n) is 7.25. The van der Waals surface area contributed by atoms with Gasteiger partial charge in [-0.15, -0.1) is 0 Å². The molecule has 1 rings (SSSR count). The maximum atomic E-state index is 11.1. The second kappa shape index (κ2) is 9.31. The van der Waals surface area contributed by atoms with E-state index < -0.39 is 0 Å². The highest BCUT2D eigenvalue weighted by Gasteiger charge is 2.14. The summed E-state index contributed by atoms with van der Waals surface area (Å²) < 4.78 is 10.8. The van der Waals surface area contributed by atoms with Crippen molar-refractivity contribution in [3.63, 3.8) is 0 Å². The molecule has 1 N–H and O–H groups in total. The highest BCUT2D eigenvalue weighted by atomic mass is 16.6. The molecule has 21 heavy (non-hydrogen) atoms. The quantitative estimate of drug-likeness (QED) is 0.407. The van der Waals surface area contributed by atoms with E-state index in [0.717, 1.165) is 12.0 Å². The summed E-state index contributed by atoms with van der Waals surface area (Å²) in [5, 5.41) is 14.2. The molecule has 0 amide bonds. The zero-order valence-electron chi connectivity index (χ0n) is 12.9. The van der Waals surface area contributed by atoms with E-state index in [0.29, 0.717) is 32.1 Å². The number of ether oxygens (including phenoxy) is 2. The first-order valence-corrected chi connectivity index (χ1v) is 7.25. The van der Waals surface area contributed by atoms with Gasteiger partial charge in [-0.2, -0.15) is 0 Å². The monoisotopic (exact) mass is 296 g/mol. The molecule has 0 bridgehead atoms. The Morgan fingerprint density at radius 3 is 2.71 bits per heavy atom. The smallest absolute Gasteiger partial charge is 0.292 e. The first-order chi connectivity index (χ1) is 10.0. The molecule has 6 heteroatoms. The number of nitrogens with zero attached hydrogens (tertiary/aromatic N) is 1. The molecule has 0 saturated carbocycles. The molecule has 0 spiro atoms. The Morgan fingerprint density at radius 1 is 1.33 bits per heavy atom. The summed E-state index contributed by atoms with van der Waals surface area (Å²) >= 11 is 0. The molecular formula is C15H24N2O4. The average Bonchev–Trinajstić information content (AvgIpc) is 2.44. The van der Waals surface area contributed by atoms with Crippen LogP contribution in [-0.4, -0.2) is 30.8 Å². The molecule has 0 heterocycles. The third-order valence-corrected chi connectivity index (χ3v) is 2.77. The summed E-state index contributed by atoms with van der Waals surface area (Å²) in [4.78, 5) is 10.7. The van der Waals surface area contributed by atoms with Gasteiger partial charge < -0.3 is 14.8 Å². The first kappa shape index (κ1) is 17.4. The van der Waals surface area contributed by atoms with Gasteiger partial charge in [-0.1, -0.05) is 13.0 Å². The van der Waals surface area contributed by atoms with Crippen LogP contribution in [-0.2, 0) is 16.1 Å². The Labute approximate surface area is 125 Å². The van der Waals surface area contributed by atoms with Crippen molar-refractivity contribution in [2.45, 2.75) is 39.9 Å². The van der Waals surface area contributed by atoms with Gasteiger partial charge in [0.15, 0.2) is 0 Å². The van der Waals surface area contributed by atoms with Crippen molar-refractivity contribution in [1.82, 2.24) is 0 Å². The average molecular weight is 296 g/mol. The number of nitro groups is 1. The van der Waals surface area contributed by atoms with Crippen LogP contribution in [0.5, 0.6) is 0 Å². The normalized spacial score (nSPS) is 10.9. The van der Waals surface area contributed by atoms with Crippen molar-refractivity contribution >= 4 is 11.4 Å². The summed E-state index contributed by atoms with van der Waals surface area (Å²) in [5.41, 5.74) is 1.42. The van der Waals surface area contributed by atoms with Gasteiger partial charge in [0.1, 0.15) is 5.69 Å². The van der Waals surface area contributed by atoms with Crippen molar-refractivity contribution in [2.75, 3.05) is 25.1 Å². The Morgan fingerprint density at radius 2 is 2.10 bits per heavy atom. The number of hydrogen-bond donors (Lipinski definition) is 1. The number of rotatable bonds is 10. The largest absolute Gasteiger partial charge is 0.380 e. The molecule has 0 aliphatic rings. The number of benzene rings is 1. The highest BCUT2D eigenvalue weighted by Crippen LogP contribution is 2.25. The van der Waals surface area contributed by atoms with Crippen LogP contribution in [0.1, 0.15) is 32.8 Å². The second-order valence-corrected chi connectivity index (χ2v) is 5.01. The summed E-state index contributed by atoms with van der Waals surface area (Å²) in [6.07, 6.45) is 1.09. The van der Waals surface area contributed by atoms with Gasteiger partial charge in [-0.05, 0) is 31.9 Å². The molecule has 0 radical (unpaired) electrons. The summed E-state index contributed by atoms with van der Waals surface area (Å²) in [6, 6.07) is 5.13. The third-order valence-electron chi connectivity index (χ3n) is 2.77. The van der Waals surface area contributed by atoms with E-state index in [4.69, 9.17) is 9.47 Å². The number of anilines is 1. The second-order valence-electron chi connectivity index (χ2n) is 5.01. The van der Waals surface area contributed by atoms with Gasteiger partial charge in [-0.3, -0.25) is 10.1 Å². The SMILES string of the molecule is CCCNc1ccc(COCCOC(C)C)cc1[N+](=O)[O-]. The maximum Gasteiger partial charge on any atom is 0.292 e. The van der Waals surface area contributed by atoms with Crippen LogP contribution in [0.25, 0.3) is 0 Å². The van der Waals surface area contributed by atoms with Gasteiger partial charge in [0.25, 0.3) is 5.69 Å². The Hall–Kier alpha value is -1.66. The molecule has 118 valence electrons. The van der Waals surface area contributed by atoms with Crippen LogP contribution in [0.2, 0.25) is 0 Å². The third kappa shape index (κ3) is 6.55. The summed E-state index contributed by atoms with van der Waals surface area (Å²) in [6.45, 7) is 7.99. The lowest BCUT2D eigenvalue weighted by atomic mass is 10.2. The van der Waals surface area contributed by atoms with E-state index >= 15 is 0 Å². The van der Waals surface area contributed by atoms with Gasteiger partial charge in [0, 0.05) is 12.6 Å². The Bertz CT molecular complexity index is 449. The van der Waals surface area contributed by atoms with E-state index in [1.165, 1.54) is 0 Å². The predicted octanol–water partition coefficient (Wildman–Crippen LogP) is 3.36. The molecule has 0 aliphatic heterocycles. The van der Waals surface area contributed by atoms with Gasteiger partial charge in [0.05, 0.1) is 30.8 Å². The lowest BCUT2D eigenvalue weighted by Crippen LogP contribution is -2.09. The molecule has 1 aromatic carbocycles. The van der Waals surface area contributed by atoms with Crippen LogP contribution in [0, 0.1) is 10.1 Å².